The van der Waals surface area contributed by atoms with Gasteiger partial charge in [-0.05, 0) is 43.2 Å². The zero-order valence-electron chi connectivity index (χ0n) is 11.8. The first kappa shape index (κ1) is 13.1. The van der Waals surface area contributed by atoms with Gasteiger partial charge in [0.2, 0.25) is 0 Å². The highest BCUT2D eigenvalue weighted by molar-refractivity contribution is 5.68. The van der Waals surface area contributed by atoms with Crippen molar-refractivity contribution in [1.29, 1.82) is 0 Å². The summed E-state index contributed by atoms with van der Waals surface area (Å²) in [7, 11) is 3.31. The number of ether oxygens (including phenoxy) is 2. The fraction of sp³-hybridized carbons (Fsp3) is 0.375. The van der Waals surface area contributed by atoms with E-state index in [0.717, 1.165) is 35.1 Å². The number of furan rings is 1. The molecule has 106 valence electrons. The molecule has 0 saturated heterocycles. The number of nitrogens with one attached hydrogen (secondary N) is 1. The highest BCUT2D eigenvalue weighted by atomic mass is 16.5. The molecular formula is C16H19NO3. The summed E-state index contributed by atoms with van der Waals surface area (Å²) >= 11 is 0. The van der Waals surface area contributed by atoms with Crippen LogP contribution in [-0.4, -0.2) is 20.3 Å². The minimum Gasteiger partial charge on any atom is -0.497 e. The van der Waals surface area contributed by atoms with E-state index in [1.54, 1.807) is 14.2 Å². The zero-order valence-corrected chi connectivity index (χ0v) is 11.8. The second kappa shape index (κ2) is 5.59. The van der Waals surface area contributed by atoms with Gasteiger partial charge in [-0.25, -0.2) is 0 Å². The van der Waals surface area contributed by atoms with Gasteiger partial charge in [-0.1, -0.05) is 0 Å². The van der Waals surface area contributed by atoms with Gasteiger partial charge in [0, 0.05) is 6.04 Å². The Morgan fingerprint density at radius 3 is 2.70 bits per heavy atom. The van der Waals surface area contributed by atoms with Crippen LogP contribution in [0.1, 0.15) is 18.6 Å². The Hall–Kier alpha value is -1.94. The molecule has 2 aromatic rings. The van der Waals surface area contributed by atoms with Crippen molar-refractivity contribution in [2.24, 2.45) is 0 Å². The summed E-state index contributed by atoms with van der Waals surface area (Å²) in [6.45, 7) is 0.775. The summed E-state index contributed by atoms with van der Waals surface area (Å²) < 4.78 is 16.5. The van der Waals surface area contributed by atoms with Crippen molar-refractivity contribution in [3.63, 3.8) is 0 Å². The summed E-state index contributed by atoms with van der Waals surface area (Å²) in [4.78, 5) is 0. The minimum atomic E-state index is 0.676. The summed E-state index contributed by atoms with van der Waals surface area (Å²) in [5.74, 6) is 3.31. The maximum atomic E-state index is 5.89. The molecule has 1 aromatic carbocycles. The van der Waals surface area contributed by atoms with Gasteiger partial charge in [0.15, 0.2) is 0 Å². The summed E-state index contributed by atoms with van der Waals surface area (Å²) in [5.41, 5.74) is 0.907. The molecule has 0 atom stereocenters. The predicted molar refractivity (Wildman–Crippen MR) is 77.1 cm³/mol. The molecule has 0 aliphatic heterocycles. The number of hydrogen-bond donors (Lipinski definition) is 1. The van der Waals surface area contributed by atoms with Crippen LogP contribution in [0, 0.1) is 0 Å². The largest absolute Gasteiger partial charge is 0.497 e. The molecule has 1 aliphatic carbocycles. The molecule has 1 aromatic heterocycles. The van der Waals surface area contributed by atoms with Gasteiger partial charge in [0.25, 0.3) is 0 Å². The monoisotopic (exact) mass is 273 g/mol. The molecule has 1 fully saturated rings. The predicted octanol–water partition coefficient (Wildman–Crippen LogP) is 3.22. The van der Waals surface area contributed by atoms with Crippen molar-refractivity contribution >= 4 is 0 Å². The minimum absolute atomic E-state index is 0.676. The number of benzene rings is 1. The van der Waals surface area contributed by atoms with E-state index in [1.807, 2.05) is 30.3 Å². The molecule has 0 amide bonds. The fourth-order valence-corrected chi connectivity index (χ4v) is 2.16. The quantitative estimate of drug-likeness (QED) is 0.877. The maximum Gasteiger partial charge on any atom is 0.138 e. The molecule has 0 unspecified atom stereocenters. The average Bonchev–Trinajstić information content (AvgIpc) is 3.21. The van der Waals surface area contributed by atoms with Crippen LogP contribution in [0.4, 0.5) is 0 Å². The van der Waals surface area contributed by atoms with Gasteiger partial charge >= 0.3 is 0 Å². The van der Waals surface area contributed by atoms with Crippen LogP contribution < -0.4 is 14.8 Å². The molecule has 4 heteroatoms. The number of methoxy groups -OCH3 is 2. The molecule has 20 heavy (non-hydrogen) atoms. The maximum absolute atomic E-state index is 5.89. The SMILES string of the molecule is COc1ccc(OC)c(-c2ccc(CNC3CC3)o2)c1. The van der Waals surface area contributed by atoms with Gasteiger partial charge in [-0.15, -0.1) is 0 Å². The van der Waals surface area contributed by atoms with Gasteiger partial charge in [-0.3, -0.25) is 0 Å². The van der Waals surface area contributed by atoms with Gasteiger partial charge in [0.1, 0.15) is 23.0 Å². The van der Waals surface area contributed by atoms with E-state index in [9.17, 15) is 0 Å². The molecule has 4 nitrogen and oxygen atoms in total. The molecule has 0 spiro atoms. The first-order chi connectivity index (χ1) is 9.80. The smallest absolute Gasteiger partial charge is 0.138 e. The average molecular weight is 273 g/mol. The molecule has 1 heterocycles. The van der Waals surface area contributed by atoms with Crippen LogP contribution in [0.3, 0.4) is 0 Å². The summed E-state index contributed by atoms with van der Waals surface area (Å²) in [6.07, 6.45) is 2.55. The van der Waals surface area contributed by atoms with Crippen LogP contribution in [0.5, 0.6) is 11.5 Å². The van der Waals surface area contributed by atoms with Crippen LogP contribution in [-0.2, 0) is 6.54 Å². The fourth-order valence-electron chi connectivity index (χ4n) is 2.16. The van der Waals surface area contributed by atoms with E-state index in [1.165, 1.54) is 12.8 Å². The van der Waals surface area contributed by atoms with E-state index in [4.69, 9.17) is 13.9 Å². The van der Waals surface area contributed by atoms with E-state index >= 15 is 0 Å². The molecule has 3 rings (SSSR count). The Balaban J connectivity index is 1.83. The Morgan fingerprint density at radius 2 is 2.00 bits per heavy atom. The Kier molecular flexibility index (Phi) is 3.65. The lowest BCUT2D eigenvalue weighted by Crippen LogP contribution is -2.14. The molecule has 1 saturated carbocycles. The van der Waals surface area contributed by atoms with E-state index < -0.39 is 0 Å². The normalized spacial score (nSPS) is 14.3. The topological polar surface area (TPSA) is 43.6 Å². The Morgan fingerprint density at radius 1 is 1.15 bits per heavy atom. The van der Waals surface area contributed by atoms with Crippen LogP contribution >= 0.6 is 0 Å². The Bertz CT molecular complexity index is 587. The summed E-state index contributed by atoms with van der Waals surface area (Å²) in [5, 5.41) is 3.44. The number of rotatable bonds is 6. The Labute approximate surface area is 118 Å². The van der Waals surface area contributed by atoms with Gasteiger partial charge in [-0.2, -0.15) is 0 Å². The molecule has 0 radical (unpaired) electrons. The van der Waals surface area contributed by atoms with Crippen molar-refractivity contribution in [3.8, 4) is 22.8 Å². The van der Waals surface area contributed by atoms with Crippen molar-refractivity contribution in [3.05, 3.63) is 36.1 Å². The van der Waals surface area contributed by atoms with Gasteiger partial charge < -0.3 is 19.2 Å². The van der Waals surface area contributed by atoms with E-state index in [2.05, 4.69) is 5.32 Å². The first-order valence-corrected chi connectivity index (χ1v) is 6.84. The lowest BCUT2D eigenvalue weighted by Gasteiger charge is -2.08. The van der Waals surface area contributed by atoms with Crippen molar-refractivity contribution in [2.45, 2.75) is 25.4 Å². The van der Waals surface area contributed by atoms with Crippen molar-refractivity contribution in [2.75, 3.05) is 14.2 Å². The summed E-state index contributed by atoms with van der Waals surface area (Å²) in [6, 6.07) is 10.3. The highest BCUT2D eigenvalue weighted by Gasteiger charge is 2.20. The third-order valence-electron chi connectivity index (χ3n) is 3.48. The lowest BCUT2D eigenvalue weighted by molar-refractivity contribution is 0.402. The third kappa shape index (κ3) is 2.80. The molecule has 1 aliphatic rings. The van der Waals surface area contributed by atoms with Crippen molar-refractivity contribution < 1.29 is 13.9 Å². The van der Waals surface area contributed by atoms with E-state index in [-0.39, 0.29) is 0 Å². The van der Waals surface area contributed by atoms with Crippen LogP contribution in [0.15, 0.2) is 34.7 Å². The lowest BCUT2D eigenvalue weighted by atomic mass is 10.1. The third-order valence-corrected chi connectivity index (χ3v) is 3.48. The van der Waals surface area contributed by atoms with E-state index in [0.29, 0.717) is 6.04 Å². The first-order valence-electron chi connectivity index (χ1n) is 6.84. The second-order valence-corrected chi connectivity index (χ2v) is 4.99. The zero-order chi connectivity index (χ0) is 13.9. The number of hydrogen-bond acceptors (Lipinski definition) is 4. The highest BCUT2D eigenvalue weighted by Crippen LogP contribution is 2.34. The van der Waals surface area contributed by atoms with Crippen LogP contribution in [0.2, 0.25) is 0 Å². The standard InChI is InChI=1S/C16H19NO3/c1-18-12-5-7-15(19-2)14(9-12)16-8-6-13(20-16)10-17-11-3-4-11/h5-9,11,17H,3-4,10H2,1-2H3. The molecule has 1 N–H and O–H groups in total. The van der Waals surface area contributed by atoms with Crippen LogP contribution in [0.25, 0.3) is 11.3 Å². The van der Waals surface area contributed by atoms with Gasteiger partial charge in [0.05, 0.1) is 26.3 Å². The second-order valence-electron chi connectivity index (χ2n) is 4.99. The molecule has 0 bridgehead atoms. The molecular weight excluding hydrogens is 254 g/mol. The van der Waals surface area contributed by atoms with Crippen molar-refractivity contribution in [1.82, 2.24) is 5.32 Å².